The Balaban J connectivity index is 2.02. The first-order chi connectivity index (χ1) is 10.3. The zero-order valence-electron chi connectivity index (χ0n) is 12.0. The molecule has 0 unspecified atom stereocenters. The molecule has 1 fully saturated rings. The molecule has 0 radical (unpaired) electrons. The Morgan fingerprint density at radius 2 is 2.10 bits per heavy atom. The first-order valence-corrected chi connectivity index (χ1v) is 7.11. The lowest BCUT2D eigenvalue weighted by molar-refractivity contribution is 0.177. The van der Waals surface area contributed by atoms with Crippen LogP contribution in [0.1, 0.15) is 17.4 Å². The largest absolute Gasteiger partial charge is 0.496 e. The molecule has 2 heterocycles. The molecule has 1 N–H and O–H groups in total. The van der Waals surface area contributed by atoms with Crippen molar-refractivity contribution in [2.45, 2.75) is 6.04 Å². The first kappa shape index (κ1) is 14.1. The predicted octanol–water partition coefficient (Wildman–Crippen LogP) is 2.42. The standard InChI is InChI=1S/C16H19FN2O2/c1-20-15-11-12(17)4-5-13(15)16(14-3-2-10-21-14)19-8-6-18-7-9-19/h2-5,10-11,16,18H,6-9H2,1H3/t16-/m1/s1. The van der Waals surface area contributed by atoms with Crippen molar-refractivity contribution in [1.29, 1.82) is 0 Å². The molecular weight excluding hydrogens is 271 g/mol. The van der Waals surface area contributed by atoms with Crippen molar-refractivity contribution in [3.8, 4) is 5.75 Å². The van der Waals surface area contributed by atoms with Crippen molar-refractivity contribution in [2.24, 2.45) is 0 Å². The summed E-state index contributed by atoms with van der Waals surface area (Å²) in [6, 6.07) is 8.45. The average Bonchev–Trinajstić information content (AvgIpc) is 3.04. The maximum Gasteiger partial charge on any atom is 0.127 e. The lowest BCUT2D eigenvalue weighted by atomic mass is 10.0. The van der Waals surface area contributed by atoms with Gasteiger partial charge in [0.2, 0.25) is 0 Å². The minimum absolute atomic E-state index is 0.0577. The minimum atomic E-state index is -0.297. The van der Waals surface area contributed by atoms with Crippen LogP contribution in [-0.4, -0.2) is 38.2 Å². The molecule has 2 aromatic rings. The van der Waals surface area contributed by atoms with Crippen LogP contribution in [0.3, 0.4) is 0 Å². The molecule has 1 aliphatic rings. The number of piperazine rings is 1. The van der Waals surface area contributed by atoms with E-state index in [1.54, 1.807) is 19.4 Å². The molecule has 0 saturated carbocycles. The van der Waals surface area contributed by atoms with E-state index in [2.05, 4.69) is 10.2 Å². The second kappa shape index (κ2) is 6.28. The number of rotatable bonds is 4. The zero-order valence-corrected chi connectivity index (χ0v) is 12.0. The van der Waals surface area contributed by atoms with Crippen molar-refractivity contribution in [3.63, 3.8) is 0 Å². The summed E-state index contributed by atoms with van der Waals surface area (Å²) in [5.41, 5.74) is 0.927. The zero-order chi connectivity index (χ0) is 14.7. The first-order valence-electron chi connectivity index (χ1n) is 7.11. The van der Waals surface area contributed by atoms with Crippen LogP contribution in [-0.2, 0) is 0 Å². The highest BCUT2D eigenvalue weighted by molar-refractivity contribution is 5.40. The number of hydrogen-bond donors (Lipinski definition) is 1. The molecule has 3 rings (SSSR count). The van der Waals surface area contributed by atoms with Gasteiger partial charge in [0.05, 0.1) is 19.4 Å². The molecule has 4 nitrogen and oxygen atoms in total. The summed E-state index contributed by atoms with van der Waals surface area (Å²) in [6.45, 7) is 3.68. The van der Waals surface area contributed by atoms with E-state index in [-0.39, 0.29) is 11.9 Å². The number of methoxy groups -OCH3 is 1. The van der Waals surface area contributed by atoms with Gasteiger partial charge in [0, 0.05) is 37.8 Å². The quantitative estimate of drug-likeness (QED) is 0.938. The number of nitrogens with zero attached hydrogens (tertiary/aromatic N) is 1. The molecule has 0 aliphatic carbocycles. The summed E-state index contributed by atoms with van der Waals surface area (Å²) in [6.07, 6.45) is 1.67. The fourth-order valence-corrected chi connectivity index (χ4v) is 2.83. The number of benzene rings is 1. The summed E-state index contributed by atoms with van der Waals surface area (Å²) >= 11 is 0. The SMILES string of the molecule is COc1cc(F)ccc1[C@H](c1ccco1)N1CCNCC1. The Kier molecular flexibility index (Phi) is 4.22. The molecule has 21 heavy (non-hydrogen) atoms. The van der Waals surface area contributed by atoms with Gasteiger partial charge >= 0.3 is 0 Å². The van der Waals surface area contributed by atoms with Crippen molar-refractivity contribution in [3.05, 3.63) is 53.7 Å². The summed E-state index contributed by atoms with van der Waals surface area (Å²) in [4.78, 5) is 2.32. The number of nitrogens with one attached hydrogen (secondary N) is 1. The molecule has 5 heteroatoms. The van der Waals surface area contributed by atoms with Crippen LogP contribution < -0.4 is 10.1 Å². The van der Waals surface area contributed by atoms with Crippen LogP contribution in [0.15, 0.2) is 41.0 Å². The monoisotopic (exact) mass is 290 g/mol. The van der Waals surface area contributed by atoms with Gasteiger partial charge < -0.3 is 14.5 Å². The van der Waals surface area contributed by atoms with Gasteiger partial charge in [0.1, 0.15) is 17.3 Å². The third kappa shape index (κ3) is 2.94. The van der Waals surface area contributed by atoms with Crippen molar-refractivity contribution < 1.29 is 13.5 Å². The van der Waals surface area contributed by atoms with Crippen LogP contribution in [0.5, 0.6) is 5.75 Å². The summed E-state index contributed by atoms with van der Waals surface area (Å²) in [5, 5.41) is 3.34. The smallest absolute Gasteiger partial charge is 0.127 e. The van der Waals surface area contributed by atoms with Crippen molar-refractivity contribution >= 4 is 0 Å². The van der Waals surface area contributed by atoms with Gasteiger partial charge in [-0.3, -0.25) is 4.90 Å². The maximum atomic E-state index is 13.5. The second-order valence-electron chi connectivity index (χ2n) is 5.09. The normalized spacial score (nSPS) is 17.6. The van der Waals surface area contributed by atoms with Gasteiger partial charge in [-0.25, -0.2) is 4.39 Å². The highest BCUT2D eigenvalue weighted by Gasteiger charge is 2.28. The lowest BCUT2D eigenvalue weighted by Gasteiger charge is -2.34. The van der Waals surface area contributed by atoms with Gasteiger partial charge in [-0.15, -0.1) is 0 Å². The van der Waals surface area contributed by atoms with Crippen molar-refractivity contribution in [1.82, 2.24) is 10.2 Å². The number of halogens is 1. The van der Waals surface area contributed by atoms with E-state index >= 15 is 0 Å². The minimum Gasteiger partial charge on any atom is -0.496 e. The van der Waals surface area contributed by atoms with Crippen LogP contribution in [0.4, 0.5) is 4.39 Å². The molecule has 1 aliphatic heterocycles. The van der Waals surface area contributed by atoms with Gasteiger partial charge in [-0.1, -0.05) is 6.07 Å². The predicted molar refractivity (Wildman–Crippen MR) is 77.9 cm³/mol. The van der Waals surface area contributed by atoms with Gasteiger partial charge in [0.25, 0.3) is 0 Å². The highest BCUT2D eigenvalue weighted by atomic mass is 19.1. The van der Waals surface area contributed by atoms with Crippen LogP contribution in [0.2, 0.25) is 0 Å². The van der Waals surface area contributed by atoms with Crippen LogP contribution >= 0.6 is 0 Å². The Hall–Kier alpha value is -1.85. The maximum absolute atomic E-state index is 13.5. The molecule has 0 amide bonds. The Morgan fingerprint density at radius 3 is 2.76 bits per heavy atom. The molecule has 112 valence electrons. The fraction of sp³-hybridized carbons (Fsp3) is 0.375. The van der Waals surface area contributed by atoms with E-state index in [4.69, 9.17) is 9.15 Å². The van der Waals surface area contributed by atoms with Gasteiger partial charge in [-0.2, -0.15) is 0 Å². The van der Waals surface area contributed by atoms with E-state index in [1.165, 1.54) is 12.1 Å². The highest BCUT2D eigenvalue weighted by Crippen LogP contribution is 2.35. The lowest BCUT2D eigenvalue weighted by Crippen LogP contribution is -2.45. The van der Waals surface area contributed by atoms with Gasteiger partial charge in [-0.05, 0) is 18.2 Å². The summed E-state index contributed by atoms with van der Waals surface area (Å²) in [7, 11) is 1.56. The van der Waals surface area contributed by atoms with E-state index in [0.29, 0.717) is 5.75 Å². The van der Waals surface area contributed by atoms with E-state index in [1.807, 2.05) is 12.1 Å². The third-order valence-corrected chi connectivity index (χ3v) is 3.82. The average molecular weight is 290 g/mol. The molecule has 0 bridgehead atoms. The van der Waals surface area contributed by atoms with Crippen LogP contribution in [0.25, 0.3) is 0 Å². The molecular formula is C16H19FN2O2. The van der Waals surface area contributed by atoms with Gasteiger partial charge in [0.15, 0.2) is 0 Å². The van der Waals surface area contributed by atoms with E-state index < -0.39 is 0 Å². The van der Waals surface area contributed by atoms with Crippen LogP contribution in [0, 0.1) is 5.82 Å². The number of hydrogen-bond acceptors (Lipinski definition) is 4. The molecule has 1 atom stereocenters. The third-order valence-electron chi connectivity index (χ3n) is 3.82. The second-order valence-corrected chi connectivity index (χ2v) is 5.09. The molecule has 1 saturated heterocycles. The number of ether oxygens (including phenoxy) is 1. The Morgan fingerprint density at radius 1 is 1.29 bits per heavy atom. The summed E-state index contributed by atoms with van der Waals surface area (Å²) < 4.78 is 24.4. The fourth-order valence-electron chi connectivity index (χ4n) is 2.83. The van der Waals surface area contributed by atoms with E-state index in [9.17, 15) is 4.39 Å². The summed E-state index contributed by atoms with van der Waals surface area (Å²) in [5.74, 6) is 1.10. The molecule has 0 spiro atoms. The topological polar surface area (TPSA) is 37.6 Å². The number of furan rings is 1. The Bertz CT molecular complexity index is 580. The van der Waals surface area contributed by atoms with E-state index in [0.717, 1.165) is 37.5 Å². The molecule has 1 aromatic carbocycles. The molecule has 1 aromatic heterocycles. The Labute approximate surface area is 123 Å². The van der Waals surface area contributed by atoms with Crippen molar-refractivity contribution in [2.75, 3.05) is 33.3 Å².